The lowest BCUT2D eigenvalue weighted by atomic mass is 10.0. The fourth-order valence-corrected chi connectivity index (χ4v) is 3.67. The van der Waals surface area contributed by atoms with Crippen LogP contribution in [-0.4, -0.2) is 17.8 Å². The summed E-state index contributed by atoms with van der Waals surface area (Å²) in [5, 5.41) is 2.98. The molecule has 3 rings (SSSR count). The van der Waals surface area contributed by atoms with Crippen LogP contribution in [0.3, 0.4) is 0 Å². The molecule has 2 atom stereocenters. The number of ether oxygens (including phenoxy) is 1. The van der Waals surface area contributed by atoms with E-state index in [4.69, 9.17) is 4.74 Å². The van der Waals surface area contributed by atoms with Gasteiger partial charge in [-0.15, -0.1) is 11.8 Å². The van der Waals surface area contributed by atoms with Gasteiger partial charge in [0, 0.05) is 10.6 Å². The number of benzene rings is 2. The van der Waals surface area contributed by atoms with E-state index >= 15 is 0 Å². The fourth-order valence-electron chi connectivity index (χ4n) is 2.56. The van der Waals surface area contributed by atoms with Crippen LogP contribution in [0.1, 0.15) is 24.9 Å². The Hall–Kier alpha value is -2.01. The molecule has 3 nitrogen and oxygen atoms in total. The molecule has 5 heteroatoms. The van der Waals surface area contributed by atoms with Gasteiger partial charge in [0.15, 0.2) is 6.10 Å². The van der Waals surface area contributed by atoms with E-state index < -0.39 is 6.10 Å². The highest BCUT2D eigenvalue weighted by Gasteiger charge is 2.25. The van der Waals surface area contributed by atoms with Crippen LogP contribution in [0.5, 0.6) is 5.75 Å². The number of thioether (sulfide) groups is 1. The van der Waals surface area contributed by atoms with E-state index in [9.17, 15) is 9.18 Å². The maximum absolute atomic E-state index is 13.5. The molecule has 0 aliphatic carbocycles. The Labute approximate surface area is 139 Å². The lowest BCUT2D eigenvalue weighted by Gasteiger charge is -2.27. The third kappa shape index (κ3) is 3.85. The zero-order valence-corrected chi connectivity index (χ0v) is 13.6. The van der Waals surface area contributed by atoms with Gasteiger partial charge in [-0.05, 0) is 49.2 Å². The molecule has 0 bridgehead atoms. The second kappa shape index (κ2) is 7.04. The molecule has 0 saturated carbocycles. The molecule has 1 heterocycles. The summed E-state index contributed by atoms with van der Waals surface area (Å²) < 4.78 is 19.1. The van der Waals surface area contributed by atoms with Gasteiger partial charge in [-0.25, -0.2) is 4.39 Å². The topological polar surface area (TPSA) is 38.3 Å². The molecule has 1 aliphatic heterocycles. The first-order valence-corrected chi connectivity index (χ1v) is 8.56. The van der Waals surface area contributed by atoms with Gasteiger partial charge >= 0.3 is 0 Å². The maximum atomic E-state index is 13.5. The molecular formula is C18H18FNO2S. The van der Waals surface area contributed by atoms with Crippen molar-refractivity contribution in [1.82, 2.24) is 5.32 Å². The Balaban J connectivity index is 1.68. The van der Waals surface area contributed by atoms with Gasteiger partial charge in [0.1, 0.15) is 11.6 Å². The number of fused-ring (bicyclic) bond motifs is 1. The van der Waals surface area contributed by atoms with Crippen molar-refractivity contribution in [3.63, 3.8) is 0 Å². The first-order valence-electron chi connectivity index (χ1n) is 7.58. The van der Waals surface area contributed by atoms with E-state index in [1.54, 1.807) is 24.8 Å². The number of para-hydroxylation sites is 1. The molecule has 0 unspecified atom stereocenters. The smallest absolute Gasteiger partial charge is 0.261 e. The number of amides is 1. The highest BCUT2D eigenvalue weighted by atomic mass is 32.2. The molecule has 0 saturated heterocycles. The number of rotatable bonds is 4. The molecule has 120 valence electrons. The van der Waals surface area contributed by atoms with Crippen LogP contribution < -0.4 is 10.1 Å². The average Bonchev–Trinajstić information content (AvgIpc) is 2.56. The van der Waals surface area contributed by atoms with E-state index in [1.807, 2.05) is 30.3 Å². The number of halogens is 1. The number of nitrogens with one attached hydrogen (secondary N) is 1. The Morgan fingerprint density at radius 3 is 2.87 bits per heavy atom. The highest BCUT2D eigenvalue weighted by molar-refractivity contribution is 7.99. The summed E-state index contributed by atoms with van der Waals surface area (Å²) in [4.78, 5) is 13.4. The van der Waals surface area contributed by atoms with Crippen LogP contribution in [0.15, 0.2) is 53.4 Å². The van der Waals surface area contributed by atoms with E-state index in [2.05, 4.69) is 5.32 Å². The third-order valence-corrected chi connectivity index (χ3v) is 4.88. The minimum absolute atomic E-state index is 0.170. The average molecular weight is 331 g/mol. The molecule has 1 amide bonds. The molecule has 0 radical (unpaired) electrons. The summed E-state index contributed by atoms with van der Waals surface area (Å²) in [6, 6.07) is 13.8. The van der Waals surface area contributed by atoms with Gasteiger partial charge in [0.2, 0.25) is 0 Å². The van der Waals surface area contributed by atoms with Crippen molar-refractivity contribution in [2.45, 2.75) is 30.4 Å². The summed E-state index contributed by atoms with van der Waals surface area (Å²) in [6.07, 6.45) is 0.175. The van der Waals surface area contributed by atoms with Crippen molar-refractivity contribution >= 4 is 17.7 Å². The van der Waals surface area contributed by atoms with Gasteiger partial charge < -0.3 is 10.1 Å². The first-order chi connectivity index (χ1) is 11.1. The van der Waals surface area contributed by atoms with Crippen molar-refractivity contribution in [1.29, 1.82) is 0 Å². The second-order valence-corrected chi connectivity index (χ2v) is 6.59. The molecule has 1 N–H and O–H groups in total. The van der Waals surface area contributed by atoms with Crippen molar-refractivity contribution in [3.8, 4) is 5.75 Å². The maximum Gasteiger partial charge on any atom is 0.261 e. The molecule has 1 aliphatic rings. The van der Waals surface area contributed by atoms with Gasteiger partial charge in [-0.3, -0.25) is 4.79 Å². The minimum Gasteiger partial charge on any atom is -0.481 e. The van der Waals surface area contributed by atoms with Crippen molar-refractivity contribution in [2.24, 2.45) is 0 Å². The standard InChI is InChI=1S/C18H18FNO2S/c1-12(22-14-5-3-2-4-6-14)18(21)20-16-9-10-23-17-8-7-13(19)11-15(16)17/h2-8,11-12,16H,9-10H2,1H3,(H,20,21)/t12-,16+/m1/s1. The van der Waals surface area contributed by atoms with Gasteiger partial charge in [0.05, 0.1) is 6.04 Å². The summed E-state index contributed by atoms with van der Waals surface area (Å²) >= 11 is 1.69. The number of hydrogen-bond acceptors (Lipinski definition) is 3. The highest BCUT2D eigenvalue weighted by Crippen LogP contribution is 2.36. The van der Waals surface area contributed by atoms with Gasteiger partial charge in [-0.2, -0.15) is 0 Å². The number of carbonyl (C=O) groups excluding carboxylic acids is 1. The van der Waals surface area contributed by atoms with Crippen molar-refractivity contribution in [2.75, 3.05) is 5.75 Å². The number of hydrogen-bond donors (Lipinski definition) is 1. The minimum atomic E-state index is -0.607. The Morgan fingerprint density at radius 1 is 1.30 bits per heavy atom. The number of carbonyl (C=O) groups is 1. The third-order valence-electron chi connectivity index (χ3n) is 3.75. The van der Waals surface area contributed by atoms with Crippen LogP contribution in [0.4, 0.5) is 4.39 Å². The van der Waals surface area contributed by atoms with Crippen LogP contribution in [0, 0.1) is 5.82 Å². The molecular weight excluding hydrogens is 313 g/mol. The van der Waals surface area contributed by atoms with Gasteiger partial charge in [-0.1, -0.05) is 18.2 Å². The molecule has 23 heavy (non-hydrogen) atoms. The quantitative estimate of drug-likeness (QED) is 0.922. The van der Waals surface area contributed by atoms with Crippen LogP contribution in [0.2, 0.25) is 0 Å². The summed E-state index contributed by atoms with van der Waals surface area (Å²) in [5.74, 6) is 1.08. The van der Waals surface area contributed by atoms with Crippen LogP contribution >= 0.6 is 11.8 Å². The lowest BCUT2D eigenvalue weighted by molar-refractivity contribution is -0.128. The largest absolute Gasteiger partial charge is 0.481 e. The Bertz CT molecular complexity index is 693. The van der Waals surface area contributed by atoms with Crippen LogP contribution in [-0.2, 0) is 4.79 Å². The second-order valence-electron chi connectivity index (χ2n) is 5.45. The molecule has 0 fully saturated rings. The zero-order valence-electron chi connectivity index (χ0n) is 12.8. The summed E-state index contributed by atoms with van der Waals surface area (Å²) in [6.45, 7) is 1.71. The van der Waals surface area contributed by atoms with E-state index in [0.29, 0.717) is 5.75 Å². The fraction of sp³-hybridized carbons (Fsp3) is 0.278. The monoisotopic (exact) mass is 331 g/mol. The predicted molar refractivity (Wildman–Crippen MR) is 89.2 cm³/mol. The molecule has 2 aromatic rings. The van der Waals surface area contributed by atoms with E-state index in [1.165, 1.54) is 12.1 Å². The Kier molecular flexibility index (Phi) is 4.86. The summed E-state index contributed by atoms with van der Waals surface area (Å²) in [7, 11) is 0. The van der Waals surface area contributed by atoms with Crippen molar-refractivity contribution in [3.05, 3.63) is 59.9 Å². The molecule has 0 aromatic heterocycles. The summed E-state index contributed by atoms with van der Waals surface area (Å²) in [5.41, 5.74) is 0.849. The van der Waals surface area contributed by atoms with Crippen molar-refractivity contribution < 1.29 is 13.9 Å². The molecule has 2 aromatic carbocycles. The van der Waals surface area contributed by atoms with Gasteiger partial charge in [0.25, 0.3) is 5.91 Å². The zero-order chi connectivity index (χ0) is 16.2. The predicted octanol–water partition coefficient (Wildman–Crippen LogP) is 3.95. The first kappa shape index (κ1) is 15.9. The SMILES string of the molecule is C[C@@H](Oc1ccccc1)C(=O)N[C@H]1CCSc2ccc(F)cc21. The normalized spacial score (nSPS) is 17.9. The van der Waals surface area contributed by atoms with E-state index in [0.717, 1.165) is 22.6 Å². The lowest BCUT2D eigenvalue weighted by Crippen LogP contribution is -2.39. The van der Waals surface area contributed by atoms with Crippen LogP contribution in [0.25, 0.3) is 0 Å². The molecule has 0 spiro atoms. The Morgan fingerprint density at radius 2 is 2.09 bits per heavy atom. The van der Waals surface area contributed by atoms with E-state index in [-0.39, 0.29) is 17.8 Å².